The van der Waals surface area contributed by atoms with E-state index in [1.165, 1.54) is 24.3 Å². The minimum atomic E-state index is -3.68. The van der Waals surface area contributed by atoms with Gasteiger partial charge in [-0.15, -0.1) is 0 Å². The standard InChI is InChI=1S/C14H17N3O3S/c15-11-12-4-3-5-13(10-12)21(19,20)16-7-6-14(18)17-8-1-2-9-17/h3-5,10,16H,1-2,6-9H2. The van der Waals surface area contributed by atoms with Gasteiger partial charge in [-0.1, -0.05) is 6.07 Å². The number of benzene rings is 1. The van der Waals surface area contributed by atoms with E-state index < -0.39 is 10.0 Å². The number of hydrogen-bond donors (Lipinski definition) is 1. The molecule has 0 spiro atoms. The lowest BCUT2D eigenvalue weighted by atomic mass is 10.2. The molecule has 1 fully saturated rings. The number of nitrogens with zero attached hydrogens (tertiary/aromatic N) is 2. The number of amides is 1. The summed E-state index contributed by atoms with van der Waals surface area (Å²) < 4.78 is 26.5. The van der Waals surface area contributed by atoms with Gasteiger partial charge in [-0.3, -0.25) is 4.79 Å². The predicted octanol–water partition coefficient (Wildman–Crippen LogP) is 0.849. The van der Waals surface area contributed by atoms with Crippen molar-refractivity contribution < 1.29 is 13.2 Å². The van der Waals surface area contributed by atoms with Gasteiger partial charge in [0, 0.05) is 26.1 Å². The first-order chi connectivity index (χ1) is 10.0. The second-order valence-corrected chi connectivity index (χ2v) is 6.64. The van der Waals surface area contributed by atoms with Crippen LogP contribution in [0.5, 0.6) is 0 Å². The fourth-order valence-corrected chi connectivity index (χ4v) is 3.31. The third-order valence-corrected chi connectivity index (χ3v) is 4.82. The molecule has 0 aromatic heterocycles. The molecule has 1 aliphatic heterocycles. The van der Waals surface area contributed by atoms with E-state index in [-0.39, 0.29) is 29.3 Å². The Labute approximate surface area is 124 Å². The first kappa shape index (κ1) is 15.5. The monoisotopic (exact) mass is 307 g/mol. The van der Waals surface area contributed by atoms with E-state index in [0.29, 0.717) is 0 Å². The van der Waals surface area contributed by atoms with Crippen molar-refractivity contribution in [3.63, 3.8) is 0 Å². The molecule has 0 aliphatic carbocycles. The summed E-state index contributed by atoms with van der Waals surface area (Å²) in [7, 11) is -3.68. The molecular weight excluding hydrogens is 290 g/mol. The van der Waals surface area contributed by atoms with Crippen LogP contribution >= 0.6 is 0 Å². The topological polar surface area (TPSA) is 90.3 Å². The molecule has 2 rings (SSSR count). The Balaban J connectivity index is 1.92. The van der Waals surface area contributed by atoms with Gasteiger partial charge in [0.15, 0.2) is 0 Å². The van der Waals surface area contributed by atoms with Crippen molar-refractivity contribution in [1.29, 1.82) is 5.26 Å². The van der Waals surface area contributed by atoms with Crippen LogP contribution in [-0.4, -0.2) is 38.9 Å². The fourth-order valence-electron chi connectivity index (χ4n) is 2.23. The van der Waals surface area contributed by atoms with E-state index >= 15 is 0 Å². The molecule has 0 atom stereocenters. The minimum absolute atomic E-state index is 0.0269. The summed E-state index contributed by atoms with van der Waals surface area (Å²) in [5, 5.41) is 8.78. The van der Waals surface area contributed by atoms with Crippen LogP contribution in [0, 0.1) is 11.3 Å². The van der Waals surface area contributed by atoms with Gasteiger partial charge in [-0.25, -0.2) is 13.1 Å². The lowest BCUT2D eigenvalue weighted by Crippen LogP contribution is -2.32. The second kappa shape index (κ2) is 6.70. The maximum absolute atomic E-state index is 12.1. The number of rotatable bonds is 5. The predicted molar refractivity (Wildman–Crippen MR) is 76.8 cm³/mol. The Kier molecular flexibility index (Phi) is 4.94. The molecule has 0 saturated carbocycles. The van der Waals surface area contributed by atoms with Gasteiger partial charge >= 0.3 is 0 Å². The molecule has 7 heteroatoms. The summed E-state index contributed by atoms with van der Waals surface area (Å²) in [6.07, 6.45) is 2.17. The van der Waals surface area contributed by atoms with E-state index in [9.17, 15) is 13.2 Å². The van der Waals surface area contributed by atoms with E-state index in [0.717, 1.165) is 25.9 Å². The Morgan fingerprint density at radius 1 is 1.33 bits per heavy atom. The summed E-state index contributed by atoms with van der Waals surface area (Å²) in [5.74, 6) is -0.0269. The zero-order valence-corrected chi connectivity index (χ0v) is 12.4. The van der Waals surface area contributed by atoms with Crippen molar-refractivity contribution in [3.8, 4) is 6.07 Å². The molecule has 1 aliphatic rings. The van der Waals surface area contributed by atoms with Gasteiger partial charge in [0.25, 0.3) is 0 Å². The summed E-state index contributed by atoms with van der Waals surface area (Å²) in [4.78, 5) is 13.6. The minimum Gasteiger partial charge on any atom is -0.343 e. The quantitative estimate of drug-likeness (QED) is 0.873. The molecular formula is C14H17N3O3S. The van der Waals surface area contributed by atoms with Crippen LogP contribution in [0.1, 0.15) is 24.8 Å². The molecule has 0 radical (unpaired) electrons. The summed E-state index contributed by atoms with van der Waals surface area (Å²) in [5.41, 5.74) is 0.283. The maximum Gasteiger partial charge on any atom is 0.240 e. The smallest absolute Gasteiger partial charge is 0.240 e. The third-order valence-electron chi connectivity index (χ3n) is 3.36. The van der Waals surface area contributed by atoms with Gasteiger partial charge in [0.2, 0.25) is 15.9 Å². The van der Waals surface area contributed by atoms with Crippen LogP contribution < -0.4 is 4.72 Å². The van der Waals surface area contributed by atoms with Crippen molar-refractivity contribution >= 4 is 15.9 Å². The van der Waals surface area contributed by atoms with Crippen LogP contribution in [0.3, 0.4) is 0 Å². The number of likely N-dealkylation sites (tertiary alicyclic amines) is 1. The van der Waals surface area contributed by atoms with Crippen LogP contribution in [0.25, 0.3) is 0 Å². The lowest BCUT2D eigenvalue weighted by molar-refractivity contribution is -0.129. The van der Waals surface area contributed by atoms with Crippen LogP contribution in [-0.2, 0) is 14.8 Å². The molecule has 1 amide bonds. The fraction of sp³-hybridized carbons (Fsp3) is 0.429. The number of nitrogens with one attached hydrogen (secondary N) is 1. The molecule has 0 bridgehead atoms. The Morgan fingerprint density at radius 2 is 2.05 bits per heavy atom. The molecule has 1 heterocycles. The van der Waals surface area contributed by atoms with Gasteiger partial charge in [0.05, 0.1) is 16.5 Å². The normalized spacial score (nSPS) is 14.9. The number of carbonyl (C=O) groups excluding carboxylic acids is 1. The van der Waals surface area contributed by atoms with E-state index in [4.69, 9.17) is 5.26 Å². The summed E-state index contributed by atoms with van der Waals surface area (Å²) in [6, 6.07) is 7.68. The van der Waals surface area contributed by atoms with Crippen LogP contribution in [0.15, 0.2) is 29.2 Å². The second-order valence-electron chi connectivity index (χ2n) is 4.88. The molecule has 21 heavy (non-hydrogen) atoms. The molecule has 1 N–H and O–H groups in total. The Hall–Kier alpha value is -1.91. The Morgan fingerprint density at radius 3 is 2.71 bits per heavy atom. The highest BCUT2D eigenvalue weighted by molar-refractivity contribution is 7.89. The first-order valence-electron chi connectivity index (χ1n) is 6.80. The average molecular weight is 307 g/mol. The summed E-state index contributed by atoms with van der Waals surface area (Å²) in [6.45, 7) is 1.58. The van der Waals surface area contributed by atoms with Crippen LogP contribution in [0.2, 0.25) is 0 Å². The molecule has 1 aromatic rings. The third kappa shape index (κ3) is 4.03. The Bertz CT molecular complexity index is 658. The largest absolute Gasteiger partial charge is 0.343 e. The first-order valence-corrected chi connectivity index (χ1v) is 8.29. The van der Waals surface area contributed by atoms with Crippen molar-refractivity contribution in [2.75, 3.05) is 19.6 Å². The zero-order valence-electron chi connectivity index (χ0n) is 11.6. The highest BCUT2D eigenvalue weighted by Crippen LogP contribution is 2.11. The van der Waals surface area contributed by atoms with E-state index in [2.05, 4.69) is 4.72 Å². The maximum atomic E-state index is 12.1. The number of nitriles is 1. The van der Waals surface area contributed by atoms with Gasteiger partial charge < -0.3 is 4.90 Å². The van der Waals surface area contributed by atoms with E-state index in [1.54, 1.807) is 4.90 Å². The number of hydrogen-bond acceptors (Lipinski definition) is 4. The van der Waals surface area contributed by atoms with Crippen molar-refractivity contribution in [3.05, 3.63) is 29.8 Å². The molecule has 112 valence electrons. The SMILES string of the molecule is N#Cc1cccc(S(=O)(=O)NCCC(=O)N2CCCC2)c1. The number of carbonyl (C=O) groups is 1. The highest BCUT2D eigenvalue weighted by Gasteiger charge is 2.19. The molecule has 1 saturated heterocycles. The van der Waals surface area contributed by atoms with E-state index in [1.807, 2.05) is 6.07 Å². The van der Waals surface area contributed by atoms with Crippen molar-refractivity contribution in [2.24, 2.45) is 0 Å². The van der Waals surface area contributed by atoms with Crippen molar-refractivity contribution in [1.82, 2.24) is 9.62 Å². The lowest BCUT2D eigenvalue weighted by Gasteiger charge is -2.15. The van der Waals surface area contributed by atoms with Crippen molar-refractivity contribution in [2.45, 2.75) is 24.2 Å². The van der Waals surface area contributed by atoms with Crippen LogP contribution in [0.4, 0.5) is 0 Å². The molecule has 0 unspecified atom stereocenters. The number of sulfonamides is 1. The zero-order chi connectivity index (χ0) is 15.3. The van der Waals surface area contributed by atoms with Gasteiger partial charge in [0.1, 0.15) is 0 Å². The highest BCUT2D eigenvalue weighted by atomic mass is 32.2. The molecule has 1 aromatic carbocycles. The average Bonchev–Trinajstić information content (AvgIpc) is 3.01. The molecule has 6 nitrogen and oxygen atoms in total. The summed E-state index contributed by atoms with van der Waals surface area (Å²) >= 11 is 0. The van der Waals surface area contributed by atoms with Gasteiger partial charge in [-0.2, -0.15) is 5.26 Å². The van der Waals surface area contributed by atoms with Gasteiger partial charge in [-0.05, 0) is 31.0 Å².